The van der Waals surface area contributed by atoms with Gasteiger partial charge in [0, 0.05) is 16.1 Å². The lowest BCUT2D eigenvalue weighted by atomic mass is 10.2. The molecule has 2 aromatic rings. The molecule has 1 aromatic heterocycles. The van der Waals surface area contributed by atoms with E-state index in [1.54, 1.807) is 6.07 Å². The first-order chi connectivity index (χ1) is 7.70. The van der Waals surface area contributed by atoms with Gasteiger partial charge in [-0.05, 0) is 19.1 Å². The maximum absolute atomic E-state index is 5.76. The summed E-state index contributed by atoms with van der Waals surface area (Å²) < 4.78 is 1.04. The molecule has 0 saturated carbocycles. The Labute approximate surface area is 102 Å². The summed E-state index contributed by atoms with van der Waals surface area (Å²) in [5.74, 6) is 0.500. The van der Waals surface area contributed by atoms with Gasteiger partial charge in [0.1, 0.15) is 6.61 Å². The molecule has 0 bridgehead atoms. The maximum atomic E-state index is 5.76. The summed E-state index contributed by atoms with van der Waals surface area (Å²) in [5.41, 5.74) is 7.57. The van der Waals surface area contributed by atoms with Gasteiger partial charge in [-0.2, -0.15) is 0 Å². The number of hydrogen-bond donors (Lipinski definition) is 1. The van der Waals surface area contributed by atoms with Crippen LogP contribution in [0.2, 0.25) is 0 Å². The predicted molar refractivity (Wildman–Crippen MR) is 66.9 cm³/mol. The van der Waals surface area contributed by atoms with Crippen LogP contribution in [0.25, 0.3) is 11.3 Å². The fraction of sp³-hybridized carbons (Fsp3) is 0.182. The molecule has 0 fully saturated rings. The molecule has 5 heteroatoms. The number of nitrogen functional groups attached to an aromatic ring is 1. The van der Waals surface area contributed by atoms with Crippen molar-refractivity contribution in [1.82, 2.24) is 9.94 Å². The van der Waals surface area contributed by atoms with E-state index < -0.39 is 0 Å². The Kier molecular flexibility index (Phi) is 3.14. The zero-order chi connectivity index (χ0) is 11.5. The van der Waals surface area contributed by atoms with Gasteiger partial charge in [0.25, 0.3) is 0 Å². The number of nitrogens with two attached hydrogens (primary N) is 1. The average molecular weight is 282 g/mol. The third kappa shape index (κ3) is 2.19. The van der Waals surface area contributed by atoms with Crippen molar-refractivity contribution in [1.29, 1.82) is 0 Å². The molecule has 0 aliphatic carbocycles. The molecule has 2 N–H and O–H groups in total. The third-order valence-electron chi connectivity index (χ3n) is 2.10. The maximum Gasteiger partial charge on any atom is 0.163 e. The van der Waals surface area contributed by atoms with Crippen LogP contribution in [-0.4, -0.2) is 16.6 Å². The smallest absolute Gasteiger partial charge is 0.163 e. The molecule has 1 aromatic carbocycles. The largest absolute Gasteiger partial charge is 0.395 e. The second-order valence-electron chi connectivity index (χ2n) is 3.25. The monoisotopic (exact) mass is 281 g/mol. The van der Waals surface area contributed by atoms with E-state index in [1.807, 2.05) is 31.2 Å². The first-order valence-electron chi connectivity index (χ1n) is 4.95. The molecule has 0 aliphatic heterocycles. The summed E-state index contributed by atoms with van der Waals surface area (Å²) in [6.07, 6.45) is 0. The van der Waals surface area contributed by atoms with Crippen LogP contribution in [0.3, 0.4) is 0 Å². The highest BCUT2D eigenvalue weighted by atomic mass is 79.9. The summed E-state index contributed by atoms with van der Waals surface area (Å²) in [7, 11) is 0. The molecule has 0 radical (unpaired) electrons. The van der Waals surface area contributed by atoms with Crippen LogP contribution in [0.5, 0.6) is 0 Å². The lowest BCUT2D eigenvalue weighted by Crippen LogP contribution is -2.14. The Balaban J connectivity index is 2.33. The molecular formula is C11H12BrN3O. The molecule has 0 aliphatic rings. The standard InChI is InChI=1S/C11H12BrN3O/c1-2-16-15-11(13)7-10(14-15)8-3-5-9(12)6-4-8/h3-7H,2,13H2,1H3. The first-order valence-corrected chi connectivity index (χ1v) is 5.74. The quantitative estimate of drug-likeness (QED) is 0.940. The number of aromatic nitrogens is 2. The highest BCUT2D eigenvalue weighted by Gasteiger charge is 2.07. The SMILES string of the molecule is CCOn1nc(-c2ccc(Br)cc2)cc1N. The van der Waals surface area contributed by atoms with Crippen molar-refractivity contribution < 1.29 is 4.84 Å². The predicted octanol–water partition coefficient (Wildman–Crippen LogP) is 2.34. The molecule has 84 valence electrons. The van der Waals surface area contributed by atoms with Gasteiger partial charge in [-0.1, -0.05) is 32.9 Å². The van der Waals surface area contributed by atoms with Crippen molar-refractivity contribution in [3.8, 4) is 11.3 Å². The Morgan fingerprint density at radius 3 is 2.69 bits per heavy atom. The Morgan fingerprint density at radius 2 is 2.06 bits per heavy atom. The van der Waals surface area contributed by atoms with Crippen LogP contribution >= 0.6 is 15.9 Å². The number of hydrogen-bond acceptors (Lipinski definition) is 3. The molecule has 1 heterocycles. The number of halogens is 1. The van der Waals surface area contributed by atoms with Crippen molar-refractivity contribution in [3.05, 3.63) is 34.8 Å². The molecule has 2 rings (SSSR count). The molecule has 16 heavy (non-hydrogen) atoms. The highest BCUT2D eigenvalue weighted by molar-refractivity contribution is 9.10. The molecule has 0 atom stereocenters. The molecule has 0 saturated heterocycles. The van der Waals surface area contributed by atoms with Crippen LogP contribution in [0.15, 0.2) is 34.8 Å². The lowest BCUT2D eigenvalue weighted by Gasteiger charge is -2.02. The number of anilines is 1. The van der Waals surface area contributed by atoms with Crippen LogP contribution in [0, 0.1) is 0 Å². The van der Waals surface area contributed by atoms with Crippen molar-refractivity contribution in [2.45, 2.75) is 6.92 Å². The number of benzene rings is 1. The van der Waals surface area contributed by atoms with E-state index in [1.165, 1.54) is 4.85 Å². The van der Waals surface area contributed by atoms with Crippen LogP contribution < -0.4 is 10.6 Å². The lowest BCUT2D eigenvalue weighted by molar-refractivity contribution is 0.0983. The van der Waals surface area contributed by atoms with E-state index >= 15 is 0 Å². The summed E-state index contributed by atoms with van der Waals surface area (Å²) in [5, 5.41) is 4.25. The number of nitrogens with zero attached hydrogens (tertiary/aromatic N) is 2. The van der Waals surface area contributed by atoms with Gasteiger partial charge in [0.2, 0.25) is 0 Å². The van der Waals surface area contributed by atoms with E-state index in [2.05, 4.69) is 21.0 Å². The van der Waals surface area contributed by atoms with Gasteiger partial charge in [0.15, 0.2) is 5.82 Å². The second kappa shape index (κ2) is 4.57. The topological polar surface area (TPSA) is 53.1 Å². The molecule has 0 amide bonds. The third-order valence-corrected chi connectivity index (χ3v) is 2.62. The molecular weight excluding hydrogens is 270 g/mol. The molecule has 0 unspecified atom stereocenters. The van der Waals surface area contributed by atoms with Crippen LogP contribution in [0.4, 0.5) is 5.82 Å². The zero-order valence-corrected chi connectivity index (χ0v) is 10.4. The van der Waals surface area contributed by atoms with Gasteiger partial charge in [-0.25, -0.2) is 0 Å². The minimum absolute atomic E-state index is 0.500. The van der Waals surface area contributed by atoms with Gasteiger partial charge in [-0.15, -0.1) is 5.10 Å². The van der Waals surface area contributed by atoms with Crippen molar-refractivity contribution in [3.63, 3.8) is 0 Å². The minimum Gasteiger partial charge on any atom is -0.395 e. The van der Waals surface area contributed by atoms with Gasteiger partial charge >= 0.3 is 0 Å². The van der Waals surface area contributed by atoms with Crippen molar-refractivity contribution in [2.75, 3.05) is 12.3 Å². The highest BCUT2D eigenvalue weighted by Crippen LogP contribution is 2.21. The minimum atomic E-state index is 0.500. The van der Waals surface area contributed by atoms with E-state index in [9.17, 15) is 0 Å². The second-order valence-corrected chi connectivity index (χ2v) is 4.17. The van der Waals surface area contributed by atoms with E-state index in [0.29, 0.717) is 12.4 Å². The fourth-order valence-electron chi connectivity index (χ4n) is 1.37. The van der Waals surface area contributed by atoms with Crippen molar-refractivity contribution >= 4 is 21.7 Å². The Morgan fingerprint density at radius 1 is 1.38 bits per heavy atom. The van der Waals surface area contributed by atoms with E-state index in [0.717, 1.165) is 15.7 Å². The summed E-state index contributed by atoms with van der Waals surface area (Å²) in [6, 6.07) is 9.67. The van der Waals surface area contributed by atoms with Gasteiger partial charge in [-0.3, -0.25) is 0 Å². The summed E-state index contributed by atoms with van der Waals surface area (Å²) in [6.45, 7) is 2.42. The summed E-state index contributed by atoms with van der Waals surface area (Å²) >= 11 is 3.39. The molecule has 0 spiro atoms. The molecule has 4 nitrogen and oxygen atoms in total. The van der Waals surface area contributed by atoms with Gasteiger partial charge in [0.05, 0.1) is 5.69 Å². The fourth-order valence-corrected chi connectivity index (χ4v) is 1.63. The van der Waals surface area contributed by atoms with Crippen molar-refractivity contribution in [2.24, 2.45) is 0 Å². The zero-order valence-electron chi connectivity index (χ0n) is 8.85. The van der Waals surface area contributed by atoms with E-state index in [-0.39, 0.29) is 0 Å². The average Bonchev–Trinajstić information content (AvgIpc) is 2.62. The first kappa shape index (κ1) is 11.0. The van der Waals surface area contributed by atoms with Crippen LogP contribution in [-0.2, 0) is 0 Å². The normalized spacial score (nSPS) is 10.4. The summed E-state index contributed by atoms with van der Waals surface area (Å²) in [4.78, 5) is 6.58. The van der Waals surface area contributed by atoms with Gasteiger partial charge < -0.3 is 10.6 Å². The van der Waals surface area contributed by atoms with Crippen LogP contribution in [0.1, 0.15) is 6.92 Å². The van der Waals surface area contributed by atoms with E-state index in [4.69, 9.17) is 10.6 Å². The Hall–Kier alpha value is -1.49. The Bertz CT molecular complexity index is 478. The number of rotatable bonds is 3.